The second kappa shape index (κ2) is 11.0. The van der Waals surface area contributed by atoms with Crippen LogP contribution in [-0.4, -0.2) is 76.9 Å². The molecule has 1 atom stereocenters. The summed E-state index contributed by atoms with van der Waals surface area (Å²) in [5, 5.41) is 4.53. The van der Waals surface area contributed by atoms with Crippen LogP contribution in [0.15, 0.2) is 30.5 Å². The highest BCUT2D eigenvalue weighted by Gasteiger charge is 2.33. The predicted molar refractivity (Wildman–Crippen MR) is 137 cm³/mol. The largest absolute Gasteiger partial charge is 0.361 e. The molecule has 0 spiro atoms. The molecular weight excluding hydrogens is 432 g/mol. The number of likely N-dealkylation sites (tertiary alicyclic amines) is 2. The van der Waals surface area contributed by atoms with Crippen LogP contribution >= 0.6 is 11.8 Å². The topological polar surface area (TPSA) is 68.4 Å². The van der Waals surface area contributed by atoms with Crippen molar-refractivity contribution in [2.24, 2.45) is 11.8 Å². The molecule has 2 fully saturated rings. The first-order valence-corrected chi connectivity index (χ1v) is 13.4. The van der Waals surface area contributed by atoms with Crippen molar-refractivity contribution >= 4 is 34.5 Å². The maximum absolute atomic E-state index is 13.5. The van der Waals surface area contributed by atoms with Gasteiger partial charge in [-0.25, -0.2) is 0 Å². The Labute approximate surface area is 201 Å². The number of piperidine rings is 2. The molecule has 0 bridgehead atoms. The fraction of sp³-hybridized carbons (Fsp3) is 0.615. The number of thioether (sulfide) groups is 1. The molecule has 7 heteroatoms. The normalized spacial score (nSPS) is 19.8. The summed E-state index contributed by atoms with van der Waals surface area (Å²) in [6.45, 7) is 8.25. The lowest BCUT2D eigenvalue weighted by Gasteiger charge is -2.40. The van der Waals surface area contributed by atoms with Crippen molar-refractivity contribution in [1.29, 1.82) is 0 Å². The third-order valence-corrected chi connectivity index (χ3v) is 8.49. The first kappa shape index (κ1) is 24.1. The van der Waals surface area contributed by atoms with Crippen molar-refractivity contribution in [2.75, 3.05) is 39.0 Å². The Morgan fingerprint density at radius 1 is 1.06 bits per heavy atom. The fourth-order valence-electron chi connectivity index (χ4n) is 5.21. The lowest BCUT2D eigenvalue weighted by atomic mass is 9.79. The van der Waals surface area contributed by atoms with Crippen LogP contribution in [0.1, 0.15) is 49.9 Å². The van der Waals surface area contributed by atoms with Gasteiger partial charge in [0.2, 0.25) is 5.91 Å². The van der Waals surface area contributed by atoms with E-state index in [1.54, 1.807) is 11.8 Å². The summed E-state index contributed by atoms with van der Waals surface area (Å²) in [5.74, 6) is 2.01. The molecule has 1 aromatic heterocycles. The molecule has 2 saturated heterocycles. The van der Waals surface area contributed by atoms with Crippen LogP contribution in [0.25, 0.3) is 10.9 Å². The van der Waals surface area contributed by atoms with E-state index in [0.29, 0.717) is 16.6 Å². The second-order valence-electron chi connectivity index (χ2n) is 9.99. The number of nitrogens with zero attached hydrogens (tertiary/aromatic N) is 2. The van der Waals surface area contributed by atoms with E-state index in [1.807, 2.05) is 35.4 Å². The van der Waals surface area contributed by atoms with Gasteiger partial charge in [0.25, 0.3) is 5.91 Å². The SMILES string of the molecule is CC(C)SC[C@@H](NC(=O)c1ccc2cc[nH]c2c1)C(=O)N1CCC(C2CCN(C)CC2)CC1. The van der Waals surface area contributed by atoms with E-state index in [9.17, 15) is 9.59 Å². The number of hydrogen-bond acceptors (Lipinski definition) is 4. The zero-order valence-corrected chi connectivity index (χ0v) is 21.0. The number of fused-ring (bicyclic) bond motifs is 1. The van der Waals surface area contributed by atoms with E-state index in [1.165, 1.54) is 25.9 Å². The van der Waals surface area contributed by atoms with Gasteiger partial charge in [-0.15, -0.1) is 0 Å². The molecule has 4 rings (SSSR count). The Morgan fingerprint density at radius 3 is 2.39 bits per heavy atom. The maximum atomic E-state index is 13.5. The average molecular weight is 471 g/mol. The minimum Gasteiger partial charge on any atom is -0.361 e. The standard InChI is InChI=1S/C26H38N4O2S/c1-18(2)33-17-24(28-25(31)22-5-4-21-6-11-27-23(21)16-22)26(32)30-14-9-20(10-15-30)19-7-12-29(3)13-8-19/h4-6,11,16,18-20,24,27H,7-10,12-15,17H2,1-3H3,(H,28,31)/t24-/m1/s1. The first-order chi connectivity index (χ1) is 15.9. The second-order valence-corrected chi connectivity index (χ2v) is 11.6. The molecule has 0 saturated carbocycles. The zero-order chi connectivity index (χ0) is 23.4. The van der Waals surface area contributed by atoms with Crippen molar-refractivity contribution in [3.63, 3.8) is 0 Å². The van der Waals surface area contributed by atoms with E-state index in [4.69, 9.17) is 0 Å². The molecule has 180 valence electrons. The van der Waals surface area contributed by atoms with Crippen LogP contribution in [-0.2, 0) is 4.79 Å². The van der Waals surface area contributed by atoms with Gasteiger partial charge in [-0.3, -0.25) is 9.59 Å². The Morgan fingerprint density at radius 2 is 1.73 bits per heavy atom. The van der Waals surface area contributed by atoms with Crippen LogP contribution in [0.2, 0.25) is 0 Å². The highest BCUT2D eigenvalue weighted by molar-refractivity contribution is 7.99. The molecule has 2 aliphatic rings. The Hall–Kier alpha value is -1.99. The third kappa shape index (κ3) is 6.12. The number of aromatic amines is 1. The predicted octanol–water partition coefficient (Wildman–Crippen LogP) is 3.99. The minimum atomic E-state index is -0.496. The zero-order valence-electron chi connectivity index (χ0n) is 20.2. The van der Waals surface area contributed by atoms with Gasteiger partial charge in [0, 0.05) is 36.1 Å². The van der Waals surface area contributed by atoms with Crippen molar-refractivity contribution in [2.45, 2.75) is 50.8 Å². The Bertz CT molecular complexity index is 943. The summed E-state index contributed by atoms with van der Waals surface area (Å²) in [4.78, 5) is 34.1. The Kier molecular flexibility index (Phi) is 8.02. The molecule has 33 heavy (non-hydrogen) atoms. The number of carbonyl (C=O) groups excluding carboxylic acids is 2. The summed E-state index contributed by atoms with van der Waals surface area (Å²) in [6.07, 6.45) is 6.60. The van der Waals surface area contributed by atoms with Gasteiger partial charge in [0.1, 0.15) is 6.04 Å². The van der Waals surface area contributed by atoms with Crippen LogP contribution in [0.4, 0.5) is 0 Å². The third-order valence-electron chi connectivity index (χ3n) is 7.30. The molecule has 2 N–H and O–H groups in total. The maximum Gasteiger partial charge on any atom is 0.252 e. The van der Waals surface area contributed by atoms with Gasteiger partial charge >= 0.3 is 0 Å². The molecule has 2 amide bonds. The molecule has 3 heterocycles. The smallest absolute Gasteiger partial charge is 0.252 e. The van der Waals surface area contributed by atoms with Gasteiger partial charge in [-0.2, -0.15) is 11.8 Å². The summed E-state index contributed by atoms with van der Waals surface area (Å²) in [5.41, 5.74) is 1.51. The average Bonchev–Trinajstić information content (AvgIpc) is 3.29. The van der Waals surface area contributed by atoms with Gasteiger partial charge in [0.05, 0.1) is 0 Å². The van der Waals surface area contributed by atoms with Gasteiger partial charge in [0.15, 0.2) is 0 Å². The van der Waals surface area contributed by atoms with Crippen LogP contribution in [0.3, 0.4) is 0 Å². The number of aromatic nitrogens is 1. The minimum absolute atomic E-state index is 0.0688. The number of nitrogens with one attached hydrogen (secondary N) is 2. The van der Waals surface area contributed by atoms with Gasteiger partial charge < -0.3 is 20.1 Å². The van der Waals surface area contributed by atoms with E-state index in [-0.39, 0.29) is 11.8 Å². The summed E-state index contributed by atoms with van der Waals surface area (Å²) in [7, 11) is 2.21. The monoisotopic (exact) mass is 470 g/mol. The first-order valence-electron chi connectivity index (χ1n) is 12.4. The van der Waals surface area contributed by atoms with Crippen molar-refractivity contribution in [3.05, 3.63) is 36.0 Å². The van der Waals surface area contributed by atoms with E-state index < -0.39 is 6.04 Å². The quantitative estimate of drug-likeness (QED) is 0.642. The lowest BCUT2D eigenvalue weighted by molar-refractivity contribution is -0.134. The fourth-order valence-corrected chi connectivity index (χ4v) is 6.01. The molecule has 2 aromatic rings. The number of H-pyrrole nitrogens is 1. The van der Waals surface area contributed by atoms with Crippen molar-refractivity contribution in [1.82, 2.24) is 20.1 Å². The number of amides is 2. The van der Waals surface area contributed by atoms with Crippen molar-refractivity contribution in [3.8, 4) is 0 Å². The summed E-state index contributed by atoms with van der Waals surface area (Å²) in [6, 6.07) is 7.11. The van der Waals surface area contributed by atoms with Crippen molar-refractivity contribution < 1.29 is 9.59 Å². The number of rotatable bonds is 7. The highest BCUT2D eigenvalue weighted by Crippen LogP contribution is 2.32. The molecular formula is C26H38N4O2S. The Balaban J connectivity index is 1.37. The highest BCUT2D eigenvalue weighted by atomic mass is 32.2. The molecule has 1 aromatic carbocycles. The molecule has 0 unspecified atom stereocenters. The molecule has 0 radical (unpaired) electrons. The van der Waals surface area contributed by atoms with Gasteiger partial charge in [-0.1, -0.05) is 19.9 Å². The summed E-state index contributed by atoms with van der Waals surface area (Å²) < 4.78 is 0. The van der Waals surface area contributed by atoms with Crippen LogP contribution in [0.5, 0.6) is 0 Å². The number of benzene rings is 1. The molecule has 6 nitrogen and oxygen atoms in total. The number of hydrogen-bond donors (Lipinski definition) is 2. The van der Waals surface area contributed by atoms with E-state index in [2.05, 4.69) is 36.1 Å². The number of carbonyl (C=O) groups is 2. The lowest BCUT2D eigenvalue weighted by Crippen LogP contribution is -2.52. The van der Waals surface area contributed by atoms with E-state index in [0.717, 1.165) is 48.7 Å². The van der Waals surface area contributed by atoms with E-state index >= 15 is 0 Å². The summed E-state index contributed by atoms with van der Waals surface area (Å²) >= 11 is 1.72. The van der Waals surface area contributed by atoms with Crippen LogP contribution in [0, 0.1) is 11.8 Å². The molecule has 2 aliphatic heterocycles. The van der Waals surface area contributed by atoms with Crippen LogP contribution < -0.4 is 5.32 Å². The molecule has 0 aliphatic carbocycles. The van der Waals surface area contributed by atoms with Gasteiger partial charge in [-0.05, 0) is 86.5 Å².